The molecule has 0 spiro atoms. The normalized spacial score (nSPS) is 18.3. The molecule has 0 aliphatic carbocycles. The summed E-state index contributed by atoms with van der Waals surface area (Å²) < 4.78 is 18.9. The second-order valence-corrected chi connectivity index (χ2v) is 7.03. The number of nitrogens with zero attached hydrogens (tertiary/aromatic N) is 1. The molecule has 0 aromatic heterocycles. The van der Waals surface area contributed by atoms with Crippen LogP contribution in [0.1, 0.15) is 37.4 Å². The van der Waals surface area contributed by atoms with E-state index >= 15 is 0 Å². The number of ether oxygens (including phenoxy) is 1. The molecule has 2 aromatic carbocycles. The predicted molar refractivity (Wildman–Crippen MR) is 108 cm³/mol. The van der Waals surface area contributed by atoms with E-state index in [4.69, 9.17) is 16.3 Å². The Balaban J connectivity index is 2.17. The van der Waals surface area contributed by atoms with Crippen molar-refractivity contribution in [1.29, 1.82) is 0 Å². The minimum Gasteiger partial charge on any atom is -0.507 e. The standard InChI is InChI=1S/C22H21ClFNO4/c1-3-11-25-19(13-5-8-15(24)9-6-13)18(21(27)22(25)28)20(26)14-7-10-16(23)17(12-14)29-4-2/h5-10,12,19,26H,3-4,11H2,1-2H3/b20-18-. The van der Waals surface area contributed by atoms with Crippen molar-refractivity contribution in [1.82, 2.24) is 4.90 Å². The highest BCUT2D eigenvalue weighted by Crippen LogP contribution is 2.40. The number of likely N-dealkylation sites (tertiary alicyclic amines) is 1. The van der Waals surface area contributed by atoms with Gasteiger partial charge in [0, 0.05) is 12.1 Å². The number of hydrogen-bond acceptors (Lipinski definition) is 4. The van der Waals surface area contributed by atoms with Gasteiger partial charge in [0.2, 0.25) is 0 Å². The van der Waals surface area contributed by atoms with Crippen LogP contribution in [-0.2, 0) is 9.59 Å². The molecule has 1 unspecified atom stereocenters. The zero-order valence-electron chi connectivity index (χ0n) is 16.1. The van der Waals surface area contributed by atoms with Crippen molar-refractivity contribution in [2.24, 2.45) is 0 Å². The Kier molecular flexibility index (Phi) is 6.23. The first-order chi connectivity index (χ1) is 13.9. The van der Waals surface area contributed by atoms with Gasteiger partial charge in [-0.15, -0.1) is 0 Å². The molecule has 1 N–H and O–H groups in total. The number of rotatable bonds is 6. The van der Waals surface area contributed by atoms with Crippen LogP contribution in [0.5, 0.6) is 5.75 Å². The Bertz CT molecular complexity index is 971. The van der Waals surface area contributed by atoms with Gasteiger partial charge in [-0.1, -0.05) is 30.7 Å². The summed E-state index contributed by atoms with van der Waals surface area (Å²) in [5.41, 5.74) is 0.805. The molecule has 0 radical (unpaired) electrons. The molecule has 0 bridgehead atoms. The van der Waals surface area contributed by atoms with Gasteiger partial charge < -0.3 is 14.7 Å². The summed E-state index contributed by atoms with van der Waals surface area (Å²) in [4.78, 5) is 26.8. The number of carbonyl (C=O) groups is 2. The molecule has 1 amide bonds. The lowest BCUT2D eigenvalue weighted by molar-refractivity contribution is -0.139. The van der Waals surface area contributed by atoms with E-state index in [-0.39, 0.29) is 11.3 Å². The van der Waals surface area contributed by atoms with Crippen LogP contribution >= 0.6 is 11.6 Å². The van der Waals surface area contributed by atoms with Crippen LogP contribution in [0.2, 0.25) is 5.02 Å². The molecule has 152 valence electrons. The molecule has 1 aliphatic rings. The van der Waals surface area contributed by atoms with E-state index in [1.54, 1.807) is 19.1 Å². The smallest absolute Gasteiger partial charge is 0.295 e. The molecule has 0 saturated carbocycles. The first kappa shape index (κ1) is 20.9. The maximum Gasteiger partial charge on any atom is 0.295 e. The first-order valence-electron chi connectivity index (χ1n) is 9.35. The highest BCUT2D eigenvalue weighted by Gasteiger charge is 2.45. The average molecular weight is 418 g/mol. The van der Waals surface area contributed by atoms with Gasteiger partial charge in [-0.2, -0.15) is 0 Å². The van der Waals surface area contributed by atoms with Crippen molar-refractivity contribution in [2.75, 3.05) is 13.2 Å². The Morgan fingerprint density at radius 3 is 2.48 bits per heavy atom. The van der Waals surface area contributed by atoms with Gasteiger partial charge in [0.05, 0.1) is 23.2 Å². The second kappa shape index (κ2) is 8.66. The molecular formula is C22H21ClFNO4. The zero-order chi connectivity index (χ0) is 21.1. The Morgan fingerprint density at radius 1 is 1.17 bits per heavy atom. The molecule has 1 atom stereocenters. The summed E-state index contributed by atoms with van der Waals surface area (Å²) in [6.07, 6.45) is 0.625. The quantitative estimate of drug-likeness (QED) is 0.420. The molecule has 1 heterocycles. The fraction of sp³-hybridized carbons (Fsp3) is 0.273. The average Bonchev–Trinajstić information content (AvgIpc) is 2.95. The van der Waals surface area contributed by atoms with Gasteiger partial charge in [-0.25, -0.2) is 4.39 Å². The lowest BCUT2D eigenvalue weighted by atomic mass is 9.95. The molecule has 5 nitrogen and oxygen atoms in total. The molecule has 1 saturated heterocycles. The maximum atomic E-state index is 13.4. The highest BCUT2D eigenvalue weighted by molar-refractivity contribution is 6.46. The monoisotopic (exact) mass is 417 g/mol. The number of ketones is 1. The fourth-order valence-electron chi connectivity index (χ4n) is 3.42. The van der Waals surface area contributed by atoms with Crippen LogP contribution in [0.3, 0.4) is 0 Å². The lowest BCUT2D eigenvalue weighted by Gasteiger charge is -2.24. The third-order valence-electron chi connectivity index (χ3n) is 4.69. The molecule has 1 fully saturated rings. The third kappa shape index (κ3) is 3.98. The summed E-state index contributed by atoms with van der Waals surface area (Å²) in [5, 5.41) is 11.3. The van der Waals surface area contributed by atoms with Crippen molar-refractivity contribution >= 4 is 29.1 Å². The SMILES string of the molecule is CCCN1C(=O)C(=O)/C(=C(\O)c2ccc(Cl)c(OCC)c2)C1c1ccc(F)cc1. The van der Waals surface area contributed by atoms with Crippen LogP contribution in [0.25, 0.3) is 5.76 Å². The minimum atomic E-state index is -0.804. The summed E-state index contributed by atoms with van der Waals surface area (Å²) in [7, 11) is 0. The van der Waals surface area contributed by atoms with Crippen LogP contribution in [0, 0.1) is 5.82 Å². The zero-order valence-corrected chi connectivity index (χ0v) is 16.9. The molecular weight excluding hydrogens is 397 g/mol. The Morgan fingerprint density at radius 2 is 1.86 bits per heavy atom. The Hall–Kier alpha value is -2.86. The number of carbonyl (C=O) groups excluding carboxylic acids is 2. The topological polar surface area (TPSA) is 66.8 Å². The van der Waals surface area contributed by atoms with Gasteiger partial charge in [0.1, 0.15) is 17.3 Å². The van der Waals surface area contributed by atoms with Crippen LogP contribution in [0.4, 0.5) is 4.39 Å². The van der Waals surface area contributed by atoms with E-state index in [0.717, 1.165) is 0 Å². The Labute approximate surface area is 173 Å². The van der Waals surface area contributed by atoms with E-state index in [1.165, 1.54) is 35.2 Å². The number of hydrogen-bond donors (Lipinski definition) is 1. The third-order valence-corrected chi connectivity index (χ3v) is 5.01. The first-order valence-corrected chi connectivity index (χ1v) is 9.73. The second-order valence-electron chi connectivity index (χ2n) is 6.62. The van der Waals surface area contributed by atoms with Crippen molar-refractivity contribution < 1.29 is 23.8 Å². The number of halogens is 2. The highest BCUT2D eigenvalue weighted by atomic mass is 35.5. The van der Waals surface area contributed by atoms with Gasteiger partial charge >= 0.3 is 0 Å². The van der Waals surface area contributed by atoms with Gasteiger partial charge in [-0.3, -0.25) is 9.59 Å². The molecule has 29 heavy (non-hydrogen) atoms. The largest absolute Gasteiger partial charge is 0.507 e. The molecule has 2 aromatic rings. The summed E-state index contributed by atoms with van der Waals surface area (Å²) in [6.45, 7) is 4.39. The van der Waals surface area contributed by atoms with Crippen molar-refractivity contribution in [3.05, 3.63) is 70.0 Å². The van der Waals surface area contributed by atoms with Crippen LogP contribution < -0.4 is 4.74 Å². The summed E-state index contributed by atoms with van der Waals surface area (Å²) >= 11 is 6.11. The summed E-state index contributed by atoms with van der Waals surface area (Å²) in [6, 6.07) is 9.36. The van der Waals surface area contributed by atoms with Gasteiger partial charge in [-0.05, 0) is 49.2 Å². The maximum absolute atomic E-state index is 13.4. The van der Waals surface area contributed by atoms with Crippen LogP contribution in [0.15, 0.2) is 48.0 Å². The number of amides is 1. The predicted octanol–water partition coefficient (Wildman–Crippen LogP) is 4.71. The fourth-order valence-corrected chi connectivity index (χ4v) is 3.59. The van der Waals surface area contributed by atoms with Crippen LogP contribution in [-0.4, -0.2) is 34.8 Å². The lowest BCUT2D eigenvalue weighted by Crippen LogP contribution is -2.30. The van der Waals surface area contributed by atoms with E-state index in [2.05, 4.69) is 0 Å². The number of benzene rings is 2. The number of aliphatic hydroxyl groups excluding tert-OH is 1. The summed E-state index contributed by atoms with van der Waals surface area (Å²) in [5.74, 6) is -1.87. The van der Waals surface area contributed by atoms with E-state index in [1.807, 2.05) is 6.92 Å². The molecule has 7 heteroatoms. The van der Waals surface area contributed by atoms with Crippen molar-refractivity contribution in [2.45, 2.75) is 26.3 Å². The van der Waals surface area contributed by atoms with Crippen molar-refractivity contribution in [3.8, 4) is 5.75 Å². The van der Waals surface area contributed by atoms with E-state index in [9.17, 15) is 19.1 Å². The molecule has 3 rings (SSSR count). The number of aliphatic hydroxyl groups is 1. The minimum absolute atomic E-state index is 0.0418. The van der Waals surface area contributed by atoms with Gasteiger partial charge in [0.25, 0.3) is 11.7 Å². The molecule has 1 aliphatic heterocycles. The van der Waals surface area contributed by atoms with E-state index in [0.29, 0.717) is 41.5 Å². The number of Topliss-reactive ketones (excluding diaryl/α,β-unsaturated/α-hetero) is 1. The van der Waals surface area contributed by atoms with Gasteiger partial charge in [0.15, 0.2) is 0 Å². The van der Waals surface area contributed by atoms with Crippen molar-refractivity contribution in [3.63, 3.8) is 0 Å². The van der Waals surface area contributed by atoms with E-state index < -0.39 is 23.5 Å².